The molecule has 1 atom stereocenters. The summed E-state index contributed by atoms with van der Waals surface area (Å²) >= 11 is 1.70. The first kappa shape index (κ1) is 29.3. The third-order valence-corrected chi connectivity index (χ3v) is 10.2. The van der Waals surface area contributed by atoms with Gasteiger partial charge < -0.3 is 9.64 Å². The van der Waals surface area contributed by atoms with Crippen LogP contribution in [0.5, 0.6) is 5.75 Å². The zero-order valence-electron chi connectivity index (χ0n) is 23.6. The molecule has 0 N–H and O–H groups in total. The summed E-state index contributed by atoms with van der Waals surface area (Å²) in [5.41, 5.74) is 3.32. The highest BCUT2D eigenvalue weighted by Gasteiger charge is 2.35. The molecule has 1 aromatic heterocycles. The van der Waals surface area contributed by atoms with E-state index in [1.165, 1.54) is 14.7 Å². The molecular formula is C31H40N2O4S2. The second-order valence-electron chi connectivity index (χ2n) is 11.0. The molecule has 1 aliphatic rings. The molecule has 2 aromatic carbocycles. The van der Waals surface area contributed by atoms with E-state index in [2.05, 4.69) is 51.3 Å². The summed E-state index contributed by atoms with van der Waals surface area (Å²) in [7, 11) is -3.82. The van der Waals surface area contributed by atoms with Crippen molar-refractivity contribution in [2.24, 2.45) is 5.92 Å². The molecule has 6 nitrogen and oxygen atoms in total. The maximum absolute atomic E-state index is 13.8. The van der Waals surface area contributed by atoms with Crippen LogP contribution in [0.15, 0.2) is 64.9 Å². The summed E-state index contributed by atoms with van der Waals surface area (Å²) in [5, 5.41) is 2.06. The number of carbonyl (C=O) groups is 1. The van der Waals surface area contributed by atoms with E-state index < -0.39 is 10.0 Å². The summed E-state index contributed by atoms with van der Waals surface area (Å²) < 4.78 is 34.8. The average molecular weight is 569 g/mol. The number of thiophene rings is 1. The van der Waals surface area contributed by atoms with Crippen LogP contribution in [0, 0.1) is 12.8 Å². The lowest BCUT2D eigenvalue weighted by molar-refractivity contribution is -0.135. The lowest BCUT2D eigenvalue weighted by atomic mass is 10.0. The van der Waals surface area contributed by atoms with Gasteiger partial charge in [0, 0.05) is 18.0 Å². The molecule has 1 amide bonds. The molecule has 0 saturated heterocycles. The van der Waals surface area contributed by atoms with Crippen molar-refractivity contribution in [2.45, 2.75) is 64.3 Å². The number of sulfonamides is 1. The molecule has 0 unspecified atom stereocenters. The van der Waals surface area contributed by atoms with E-state index in [4.69, 9.17) is 4.74 Å². The molecule has 0 spiro atoms. The SMILES string of the molecule is Cc1ccc(S(=O)(=O)N(CCC(C)C)CC(=O)N2CCc3sccc3[C@H]2COc2ccc(C(C)C)cc2)cc1. The summed E-state index contributed by atoms with van der Waals surface area (Å²) in [6, 6.07) is 16.7. The zero-order valence-corrected chi connectivity index (χ0v) is 25.2. The maximum Gasteiger partial charge on any atom is 0.243 e. The number of rotatable bonds is 11. The Hall–Kier alpha value is -2.68. The van der Waals surface area contributed by atoms with Crippen molar-refractivity contribution in [3.8, 4) is 5.75 Å². The number of amides is 1. The zero-order chi connectivity index (χ0) is 28.2. The van der Waals surface area contributed by atoms with E-state index in [-0.39, 0.29) is 23.4 Å². The first-order valence-electron chi connectivity index (χ1n) is 13.7. The summed E-state index contributed by atoms with van der Waals surface area (Å²) in [6.45, 7) is 11.3. The van der Waals surface area contributed by atoms with Crippen LogP contribution in [0.25, 0.3) is 0 Å². The van der Waals surface area contributed by atoms with Crippen molar-refractivity contribution in [1.82, 2.24) is 9.21 Å². The van der Waals surface area contributed by atoms with Crippen molar-refractivity contribution in [2.75, 3.05) is 26.2 Å². The van der Waals surface area contributed by atoms with E-state index in [1.807, 2.05) is 24.0 Å². The molecule has 4 rings (SSSR count). The molecular weight excluding hydrogens is 528 g/mol. The quantitative estimate of drug-likeness (QED) is 0.268. The second-order valence-corrected chi connectivity index (χ2v) is 14.0. The van der Waals surface area contributed by atoms with Gasteiger partial charge in [-0.1, -0.05) is 57.5 Å². The van der Waals surface area contributed by atoms with E-state index >= 15 is 0 Å². The average Bonchev–Trinajstić information content (AvgIpc) is 3.39. The van der Waals surface area contributed by atoms with Gasteiger partial charge in [-0.25, -0.2) is 8.42 Å². The van der Waals surface area contributed by atoms with Crippen LogP contribution in [-0.2, 0) is 21.2 Å². The third kappa shape index (κ3) is 7.10. The largest absolute Gasteiger partial charge is 0.491 e. The van der Waals surface area contributed by atoms with Gasteiger partial charge in [0.2, 0.25) is 15.9 Å². The molecule has 210 valence electrons. The first-order chi connectivity index (χ1) is 18.6. The molecule has 3 aromatic rings. The molecule has 0 bridgehead atoms. The van der Waals surface area contributed by atoms with Crippen molar-refractivity contribution in [1.29, 1.82) is 0 Å². The minimum Gasteiger partial charge on any atom is -0.491 e. The standard InChI is InChI=1S/C31H40N2O4S2/c1-22(2)14-17-32(39(35,36)27-12-6-24(5)7-13-27)20-31(34)33-18-15-30-28(16-19-38-30)29(33)21-37-26-10-8-25(9-11-26)23(3)4/h6-13,16,19,22-23,29H,14-15,17-18,20-21H2,1-5H3/t29-/m1/s1. The Kier molecular flexibility index (Phi) is 9.51. The van der Waals surface area contributed by atoms with Gasteiger partial charge in [0.1, 0.15) is 12.4 Å². The number of fused-ring (bicyclic) bond motifs is 1. The lowest BCUT2D eigenvalue weighted by Gasteiger charge is -2.37. The van der Waals surface area contributed by atoms with Gasteiger partial charge in [0.25, 0.3) is 0 Å². The fourth-order valence-corrected chi connectivity index (χ4v) is 7.12. The Bertz CT molecular complexity index is 1350. The van der Waals surface area contributed by atoms with Crippen LogP contribution in [-0.4, -0.2) is 49.8 Å². The minimum absolute atomic E-state index is 0.192. The number of hydrogen-bond donors (Lipinski definition) is 0. The predicted molar refractivity (Wildman–Crippen MR) is 158 cm³/mol. The maximum atomic E-state index is 13.8. The van der Waals surface area contributed by atoms with Gasteiger partial charge in [-0.3, -0.25) is 4.79 Å². The van der Waals surface area contributed by atoms with Crippen LogP contribution in [0.1, 0.15) is 67.6 Å². The van der Waals surface area contributed by atoms with Crippen molar-refractivity contribution in [3.05, 3.63) is 81.5 Å². The van der Waals surface area contributed by atoms with E-state index in [9.17, 15) is 13.2 Å². The summed E-state index contributed by atoms with van der Waals surface area (Å²) in [5.74, 6) is 1.31. The topological polar surface area (TPSA) is 66.9 Å². The van der Waals surface area contributed by atoms with Gasteiger partial charge in [-0.15, -0.1) is 11.3 Å². The molecule has 0 fully saturated rings. The van der Waals surface area contributed by atoms with Gasteiger partial charge in [0.15, 0.2) is 0 Å². The number of aryl methyl sites for hydroxylation is 1. The Morgan fingerprint density at radius 3 is 2.38 bits per heavy atom. The van der Waals surface area contributed by atoms with Crippen LogP contribution < -0.4 is 4.74 Å². The third-order valence-electron chi connectivity index (χ3n) is 7.30. The predicted octanol–water partition coefficient (Wildman–Crippen LogP) is 6.42. The van der Waals surface area contributed by atoms with Crippen molar-refractivity contribution in [3.63, 3.8) is 0 Å². The molecule has 1 aliphatic heterocycles. The Labute approximate surface area is 237 Å². The van der Waals surface area contributed by atoms with E-state index in [0.29, 0.717) is 38.0 Å². The van der Waals surface area contributed by atoms with E-state index in [1.54, 1.807) is 35.6 Å². The monoisotopic (exact) mass is 568 g/mol. The van der Waals surface area contributed by atoms with Crippen LogP contribution in [0.3, 0.4) is 0 Å². The van der Waals surface area contributed by atoms with Crippen molar-refractivity contribution >= 4 is 27.3 Å². The normalized spacial score (nSPS) is 15.7. The fourth-order valence-electron chi connectivity index (χ4n) is 4.79. The molecule has 0 aliphatic carbocycles. The smallest absolute Gasteiger partial charge is 0.243 e. The minimum atomic E-state index is -3.82. The highest BCUT2D eigenvalue weighted by Crippen LogP contribution is 2.34. The number of nitrogens with zero attached hydrogens (tertiary/aromatic N) is 2. The van der Waals surface area contributed by atoms with Crippen molar-refractivity contribution < 1.29 is 17.9 Å². The van der Waals surface area contributed by atoms with Gasteiger partial charge in [0.05, 0.1) is 17.5 Å². The van der Waals surface area contributed by atoms with Gasteiger partial charge in [-0.2, -0.15) is 4.31 Å². The number of ether oxygens (including phenoxy) is 1. The second kappa shape index (κ2) is 12.7. The molecule has 8 heteroatoms. The molecule has 0 saturated carbocycles. The summed E-state index contributed by atoms with van der Waals surface area (Å²) in [4.78, 5) is 17.1. The Morgan fingerprint density at radius 1 is 1.05 bits per heavy atom. The first-order valence-corrected chi connectivity index (χ1v) is 16.0. The number of benzene rings is 2. The van der Waals surface area contributed by atoms with E-state index in [0.717, 1.165) is 23.3 Å². The number of carbonyl (C=O) groups excluding carboxylic acids is 1. The lowest BCUT2D eigenvalue weighted by Crippen LogP contribution is -2.48. The fraction of sp³-hybridized carbons (Fsp3) is 0.452. The van der Waals surface area contributed by atoms with Crippen LogP contribution >= 0.6 is 11.3 Å². The Morgan fingerprint density at radius 2 is 1.74 bits per heavy atom. The Balaban J connectivity index is 1.55. The molecule has 39 heavy (non-hydrogen) atoms. The molecule has 0 radical (unpaired) electrons. The summed E-state index contributed by atoms with van der Waals surface area (Å²) in [6.07, 6.45) is 1.43. The van der Waals surface area contributed by atoms with Gasteiger partial charge >= 0.3 is 0 Å². The highest BCUT2D eigenvalue weighted by molar-refractivity contribution is 7.89. The van der Waals surface area contributed by atoms with Crippen LogP contribution in [0.2, 0.25) is 0 Å². The number of hydrogen-bond acceptors (Lipinski definition) is 5. The molecule has 2 heterocycles. The highest BCUT2D eigenvalue weighted by atomic mass is 32.2. The van der Waals surface area contributed by atoms with Crippen LogP contribution in [0.4, 0.5) is 0 Å². The van der Waals surface area contributed by atoms with Gasteiger partial charge in [-0.05, 0) is 78.4 Å².